The largest absolute Gasteiger partial charge is 0.396 e. The molecule has 0 unspecified atom stereocenters. The van der Waals surface area contributed by atoms with Crippen LogP contribution >= 0.6 is 0 Å². The molecule has 3 rings (SSSR count). The summed E-state index contributed by atoms with van der Waals surface area (Å²) in [6.45, 7) is 1.82. The molecule has 1 saturated heterocycles. The average Bonchev–Trinajstić information content (AvgIpc) is 2.36. The van der Waals surface area contributed by atoms with E-state index in [0.29, 0.717) is 5.92 Å². The van der Waals surface area contributed by atoms with Crippen molar-refractivity contribution in [2.45, 2.75) is 0 Å². The first-order valence-corrected chi connectivity index (χ1v) is 6.08. The Morgan fingerprint density at radius 1 is 1.37 bits per heavy atom. The minimum absolute atomic E-state index is 0.0753. The Morgan fingerprint density at radius 2 is 2.16 bits per heavy atom. The maximum Gasteiger partial charge on any atom is 0.270 e. The summed E-state index contributed by atoms with van der Waals surface area (Å²) in [5.74, 6) is 1.18. The summed E-state index contributed by atoms with van der Waals surface area (Å²) < 4.78 is 0. The number of pyridine rings is 1. The van der Waals surface area contributed by atoms with E-state index in [4.69, 9.17) is 5.11 Å². The third kappa shape index (κ3) is 2.10. The first-order valence-electron chi connectivity index (χ1n) is 6.08. The van der Waals surface area contributed by atoms with E-state index in [1.54, 1.807) is 6.07 Å². The standard InChI is InChI=1S/C13H13N3O3/c17-8-9-6-15(7-9)13-4-1-10-5-11(16(18)19)2-3-12(10)14-13/h1-5,9,17H,6-8H2. The van der Waals surface area contributed by atoms with Crippen LogP contribution in [0.2, 0.25) is 0 Å². The number of aromatic nitrogens is 1. The van der Waals surface area contributed by atoms with Gasteiger partial charge in [-0.3, -0.25) is 10.1 Å². The topological polar surface area (TPSA) is 79.5 Å². The highest BCUT2D eigenvalue weighted by atomic mass is 16.6. The fourth-order valence-electron chi connectivity index (χ4n) is 2.26. The molecule has 0 radical (unpaired) electrons. The zero-order valence-corrected chi connectivity index (χ0v) is 10.2. The summed E-state index contributed by atoms with van der Waals surface area (Å²) in [5.41, 5.74) is 0.821. The van der Waals surface area contributed by atoms with Gasteiger partial charge in [0.15, 0.2) is 0 Å². The summed E-state index contributed by atoms with van der Waals surface area (Å²) in [6.07, 6.45) is 0. The van der Waals surface area contributed by atoms with Gasteiger partial charge in [0.05, 0.1) is 10.4 Å². The summed E-state index contributed by atoms with van der Waals surface area (Å²) in [7, 11) is 0. The zero-order chi connectivity index (χ0) is 13.4. The number of hydrogen-bond acceptors (Lipinski definition) is 5. The monoisotopic (exact) mass is 259 g/mol. The summed E-state index contributed by atoms with van der Waals surface area (Å²) in [6, 6.07) is 8.36. The Morgan fingerprint density at radius 3 is 2.84 bits per heavy atom. The number of aliphatic hydroxyl groups is 1. The second-order valence-electron chi connectivity index (χ2n) is 4.76. The van der Waals surface area contributed by atoms with Crippen LogP contribution in [0, 0.1) is 16.0 Å². The molecule has 1 aliphatic heterocycles. The first-order chi connectivity index (χ1) is 9.17. The van der Waals surface area contributed by atoms with Crippen molar-refractivity contribution in [1.29, 1.82) is 0 Å². The summed E-state index contributed by atoms with van der Waals surface area (Å²) >= 11 is 0. The lowest BCUT2D eigenvalue weighted by molar-refractivity contribution is -0.384. The molecule has 1 aliphatic rings. The Kier molecular flexibility index (Phi) is 2.79. The van der Waals surface area contributed by atoms with Crippen LogP contribution in [0.25, 0.3) is 10.9 Å². The summed E-state index contributed by atoms with van der Waals surface area (Å²) in [4.78, 5) is 16.9. The number of aliphatic hydroxyl groups excluding tert-OH is 1. The molecule has 6 heteroatoms. The van der Waals surface area contributed by atoms with E-state index >= 15 is 0 Å². The summed E-state index contributed by atoms with van der Waals surface area (Å²) in [5, 5.41) is 20.5. The number of fused-ring (bicyclic) bond motifs is 1. The highest BCUT2D eigenvalue weighted by Crippen LogP contribution is 2.26. The lowest BCUT2D eigenvalue weighted by atomic mass is 10.0. The van der Waals surface area contributed by atoms with Gasteiger partial charge >= 0.3 is 0 Å². The van der Waals surface area contributed by atoms with Gasteiger partial charge in [0.1, 0.15) is 5.82 Å². The fourth-order valence-corrected chi connectivity index (χ4v) is 2.26. The Balaban J connectivity index is 1.90. The molecule has 2 heterocycles. The molecule has 6 nitrogen and oxygen atoms in total. The van der Waals surface area contributed by atoms with Gasteiger partial charge in [-0.2, -0.15) is 0 Å². The van der Waals surface area contributed by atoms with Gasteiger partial charge < -0.3 is 10.0 Å². The fraction of sp³-hybridized carbons (Fsp3) is 0.308. The number of hydrogen-bond donors (Lipinski definition) is 1. The molecule has 0 bridgehead atoms. The highest BCUT2D eigenvalue weighted by Gasteiger charge is 2.26. The van der Waals surface area contributed by atoms with E-state index in [0.717, 1.165) is 29.8 Å². The van der Waals surface area contributed by atoms with Gasteiger partial charge in [-0.15, -0.1) is 0 Å². The van der Waals surface area contributed by atoms with Crippen LogP contribution in [0.5, 0.6) is 0 Å². The van der Waals surface area contributed by atoms with Crippen molar-refractivity contribution in [3.63, 3.8) is 0 Å². The van der Waals surface area contributed by atoms with E-state index in [1.165, 1.54) is 12.1 Å². The predicted molar refractivity (Wildman–Crippen MR) is 71.2 cm³/mol. The van der Waals surface area contributed by atoms with Crippen molar-refractivity contribution in [1.82, 2.24) is 4.98 Å². The van der Waals surface area contributed by atoms with Crippen molar-refractivity contribution >= 4 is 22.4 Å². The number of rotatable bonds is 3. The van der Waals surface area contributed by atoms with Crippen molar-refractivity contribution in [2.75, 3.05) is 24.6 Å². The van der Waals surface area contributed by atoms with E-state index in [1.807, 2.05) is 12.1 Å². The minimum atomic E-state index is -0.408. The van der Waals surface area contributed by atoms with Crippen LogP contribution in [0.1, 0.15) is 0 Å². The van der Waals surface area contributed by atoms with E-state index in [-0.39, 0.29) is 12.3 Å². The SMILES string of the molecule is O=[N+]([O-])c1ccc2nc(N3CC(CO)C3)ccc2c1. The maximum atomic E-state index is 10.7. The third-order valence-electron chi connectivity index (χ3n) is 3.41. The minimum Gasteiger partial charge on any atom is -0.396 e. The van der Waals surface area contributed by atoms with Gasteiger partial charge in [0.2, 0.25) is 0 Å². The van der Waals surface area contributed by atoms with Crippen LogP contribution < -0.4 is 4.90 Å². The quantitative estimate of drug-likeness (QED) is 0.668. The van der Waals surface area contributed by atoms with E-state index in [2.05, 4.69) is 9.88 Å². The maximum absolute atomic E-state index is 10.7. The van der Waals surface area contributed by atoms with Crippen LogP contribution in [0.4, 0.5) is 11.5 Å². The average molecular weight is 259 g/mol. The van der Waals surface area contributed by atoms with E-state index in [9.17, 15) is 10.1 Å². The number of non-ortho nitro benzene ring substituents is 1. The Bertz CT molecular complexity index is 638. The van der Waals surface area contributed by atoms with Crippen LogP contribution in [-0.4, -0.2) is 34.7 Å². The van der Waals surface area contributed by atoms with Crippen LogP contribution in [-0.2, 0) is 0 Å². The lowest BCUT2D eigenvalue weighted by Gasteiger charge is -2.39. The molecule has 2 aromatic rings. The molecule has 1 N–H and O–H groups in total. The highest BCUT2D eigenvalue weighted by molar-refractivity contribution is 5.82. The normalized spacial score (nSPS) is 15.5. The zero-order valence-electron chi connectivity index (χ0n) is 10.2. The first kappa shape index (κ1) is 11.9. The van der Waals surface area contributed by atoms with Crippen molar-refractivity contribution in [2.24, 2.45) is 5.92 Å². The van der Waals surface area contributed by atoms with Crippen LogP contribution in [0.15, 0.2) is 30.3 Å². The molecular weight excluding hydrogens is 246 g/mol. The van der Waals surface area contributed by atoms with E-state index < -0.39 is 4.92 Å². The number of benzene rings is 1. The number of nitro benzene ring substituents is 1. The molecule has 1 fully saturated rings. The van der Waals surface area contributed by atoms with Crippen molar-refractivity contribution in [3.05, 3.63) is 40.4 Å². The number of nitro groups is 1. The van der Waals surface area contributed by atoms with Gasteiger partial charge in [0, 0.05) is 43.1 Å². The molecule has 1 aromatic carbocycles. The van der Waals surface area contributed by atoms with Gasteiger partial charge in [-0.1, -0.05) is 0 Å². The number of nitrogens with zero attached hydrogens (tertiary/aromatic N) is 3. The molecule has 0 aliphatic carbocycles. The molecule has 0 atom stereocenters. The van der Waals surface area contributed by atoms with Gasteiger partial charge in [0.25, 0.3) is 5.69 Å². The Hall–Kier alpha value is -2.21. The molecule has 19 heavy (non-hydrogen) atoms. The van der Waals surface area contributed by atoms with Crippen molar-refractivity contribution in [3.8, 4) is 0 Å². The second-order valence-corrected chi connectivity index (χ2v) is 4.76. The molecule has 0 amide bonds. The molecule has 0 saturated carbocycles. The predicted octanol–water partition coefficient (Wildman–Crippen LogP) is 1.57. The third-order valence-corrected chi connectivity index (χ3v) is 3.41. The van der Waals surface area contributed by atoms with Gasteiger partial charge in [-0.05, 0) is 18.2 Å². The van der Waals surface area contributed by atoms with Crippen molar-refractivity contribution < 1.29 is 10.0 Å². The lowest BCUT2D eigenvalue weighted by Crippen LogP contribution is -2.48. The molecular formula is C13H13N3O3. The number of anilines is 1. The second kappa shape index (κ2) is 4.47. The smallest absolute Gasteiger partial charge is 0.270 e. The van der Waals surface area contributed by atoms with Crippen LogP contribution in [0.3, 0.4) is 0 Å². The molecule has 98 valence electrons. The van der Waals surface area contributed by atoms with Gasteiger partial charge in [-0.25, -0.2) is 4.98 Å². The molecule has 1 aromatic heterocycles. The molecule has 0 spiro atoms. The Labute approximate surface area is 109 Å².